The molecule has 1 aliphatic heterocycles. The third-order valence-electron chi connectivity index (χ3n) is 3.82. The average Bonchev–Trinajstić information content (AvgIpc) is 2.92. The smallest absolute Gasteiger partial charge is 0.343 e. The summed E-state index contributed by atoms with van der Waals surface area (Å²) >= 11 is 0. The molecule has 7 heteroatoms. The SMILES string of the molecule is O=C(Cc1ccccc1)NCCC(=O)N1CCC(F)(C(=O)O)C1. The Bertz CT molecular complexity index is 593. The molecule has 1 aromatic rings. The van der Waals surface area contributed by atoms with Crippen molar-refractivity contribution >= 4 is 17.8 Å². The van der Waals surface area contributed by atoms with Crippen LogP contribution in [0.3, 0.4) is 0 Å². The molecule has 0 bridgehead atoms. The number of nitrogens with one attached hydrogen (secondary N) is 1. The molecule has 124 valence electrons. The Kier molecular flexibility index (Phi) is 5.31. The lowest BCUT2D eigenvalue weighted by atomic mass is 10.1. The molecule has 23 heavy (non-hydrogen) atoms. The second kappa shape index (κ2) is 7.21. The van der Waals surface area contributed by atoms with E-state index in [0.29, 0.717) is 0 Å². The number of aliphatic carboxylic acids is 1. The number of rotatable bonds is 6. The monoisotopic (exact) mass is 322 g/mol. The van der Waals surface area contributed by atoms with Crippen LogP contribution in [0.1, 0.15) is 18.4 Å². The van der Waals surface area contributed by atoms with Gasteiger partial charge in [0.15, 0.2) is 0 Å². The third kappa shape index (κ3) is 4.51. The van der Waals surface area contributed by atoms with Crippen molar-refractivity contribution in [1.29, 1.82) is 0 Å². The Morgan fingerprint density at radius 2 is 1.96 bits per heavy atom. The zero-order valence-electron chi connectivity index (χ0n) is 12.6. The van der Waals surface area contributed by atoms with Gasteiger partial charge in [-0.05, 0) is 5.56 Å². The van der Waals surface area contributed by atoms with E-state index in [1.807, 2.05) is 30.3 Å². The van der Waals surface area contributed by atoms with E-state index in [0.717, 1.165) is 5.56 Å². The fourth-order valence-electron chi connectivity index (χ4n) is 2.47. The van der Waals surface area contributed by atoms with Crippen molar-refractivity contribution in [2.45, 2.75) is 24.9 Å². The van der Waals surface area contributed by atoms with Crippen LogP contribution >= 0.6 is 0 Å². The van der Waals surface area contributed by atoms with Gasteiger partial charge in [0.25, 0.3) is 0 Å². The Morgan fingerprint density at radius 1 is 1.26 bits per heavy atom. The fraction of sp³-hybridized carbons (Fsp3) is 0.438. The zero-order chi connectivity index (χ0) is 16.9. The Hall–Kier alpha value is -2.44. The number of likely N-dealkylation sites (tertiary alicyclic amines) is 1. The third-order valence-corrected chi connectivity index (χ3v) is 3.82. The molecule has 1 unspecified atom stereocenters. The van der Waals surface area contributed by atoms with Gasteiger partial charge in [-0.2, -0.15) is 0 Å². The summed E-state index contributed by atoms with van der Waals surface area (Å²) in [6.07, 6.45) is 0.0516. The van der Waals surface area contributed by atoms with Crippen molar-refractivity contribution in [2.24, 2.45) is 0 Å². The maximum absolute atomic E-state index is 13.9. The standard InChI is InChI=1S/C16H19FN2O4/c17-16(15(22)23)7-9-19(11-16)14(21)6-8-18-13(20)10-12-4-2-1-3-5-12/h1-5H,6-11H2,(H,18,20)(H,22,23). The van der Waals surface area contributed by atoms with Gasteiger partial charge in [0, 0.05) is 25.9 Å². The maximum atomic E-state index is 13.9. The first kappa shape index (κ1) is 16.9. The number of carbonyl (C=O) groups is 3. The van der Waals surface area contributed by atoms with Gasteiger partial charge in [0.1, 0.15) is 0 Å². The van der Waals surface area contributed by atoms with Gasteiger partial charge in [-0.15, -0.1) is 0 Å². The highest BCUT2D eigenvalue weighted by atomic mass is 19.1. The molecular weight excluding hydrogens is 303 g/mol. The predicted molar refractivity (Wildman–Crippen MR) is 80.4 cm³/mol. The quantitative estimate of drug-likeness (QED) is 0.809. The van der Waals surface area contributed by atoms with Gasteiger partial charge < -0.3 is 15.3 Å². The molecule has 1 aliphatic rings. The van der Waals surface area contributed by atoms with E-state index in [1.54, 1.807) is 0 Å². The number of nitrogens with zero attached hydrogens (tertiary/aromatic N) is 1. The van der Waals surface area contributed by atoms with Crippen LogP contribution in [0.5, 0.6) is 0 Å². The maximum Gasteiger partial charge on any atom is 0.343 e. The van der Waals surface area contributed by atoms with Gasteiger partial charge in [0.2, 0.25) is 17.5 Å². The van der Waals surface area contributed by atoms with Crippen molar-refractivity contribution in [1.82, 2.24) is 10.2 Å². The van der Waals surface area contributed by atoms with Crippen LogP contribution in [0.4, 0.5) is 4.39 Å². The number of hydrogen-bond acceptors (Lipinski definition) is 3. The summed E-state index contributed by atoms with van der Waals surface area (Å²) < 4.78 is 13.9. The average molecular weight is 322 g/mol. The lowest BCUT2D eigenvalue weighted by Crippen LogP contribution is -2.39. The van der Waals surface area contributed by atoms with Gasteiger partial charge in [0.05, 0.1) is 13.0 Å². The number of carboxylic acids is 1. The highest BCUT2D eigenvalue weighted by Crippen LogP contribution is 2.26. The van der Waals surface area contributed by atoms with E-state index >= 15 is 0 Å². The number of carbonyl (C=O) groups excluding carboxylic acids is 2. The topological polar surface area (TPSA) is 86.7 Å². The summed E-state index contributed by atoms with van der Waals surface area (Å²) in [5, 5.41) is 11.4. The lowest BCUT2D eigenvalue weighted by Gasteiger charge is -2.17. The molecule has 0 spiro atoms. The molecule has 2 N–H and O–H groups in total. The number of amides is 2. The minimum absolute atomic E-state index is 0.0240. The molecule has 0 radical (unpaired) electrons. The van der Waals surface area contributed by atoms with Crippen LogP contribution in [-0.2, 0) is 20.8 Å². The Balaban J connectivity index is 1.71. The van der Waals surface area contributed by atoms with Gasteiger partial charge in [-0.1, -0.05) is 30.3 Å². The van der Waals surface area contributed by atoms with Crippen molar-refractivity contribution in [3.8, 4) is 0 Å². The van der Waals surface area contributed by atoms with Gasteiger partial charge in [-0.25, -0.2) is 9.18 Å². The predicted octanol–water partition coefficient (Wildman–Crippen LogP) is 0.761. The number of benzene rings is 1. The number of carboxylic acid groups (broad SMARTS) is 1. The molecule has 0 aromatic heterocycles. The van der Waals surface area contributed by atoms with E-state index in [4.69, 9.17) is 5.11 Å². The number of halogens is 1. The molecule has 1 heterocycles. The summed E-state index contributed by atoms with van der Waals surface area (Å²) in [7, 11) is 0. The largest absolute Gasteiger partial charge is 0.479 e. The second-order valence-corrected chi connectivity index (χ2v) is 5.60. The summed E-state index contributed by atoms with van der Waals surface area (Å²) in [5.41, 5.74) is -1.48. The van der Waals surface area contributed by atoms with Gasteiger partial charge in [-0.3, -0.25) is 9.59 Å². The van der Waals surface area contributed by atoms with Crippen LogP contribution in [0.25, 0.3) is 0 Å². The summed E-state index contributed by atoms with van der Waals surface area (Å²) in [6, 6.07) is 9.21. The normalized spacial score (nSPS) is 20.3. The van der Waals surface area contributed by atoms with E-state index in [9.17, 15) is 18.8 Å². The molecule has 2 amide bonds. The number of hydrogen-bond donors (Lipinski definition) is 2. The summed E-state index contributed by atoms with van der Waals surface area (Å²) in [6.45, 7) is -0.202. The Morgan fingerprint density at radius 3 is 2.57 bits per heavy atom. The minimum Gasteiger partial charge on any atom is -0.479 e. The minimum atomic E-state index is -2.35. The first-order chi connectivity index (χ1) is 10.9. The van der Waals surface area contributed by atoms with Crippen LogP contribution in [-0.4, -0.2) is 53.1 Å². The lowest BCUT2D eigenvalue weighted by molar-refractivity contribution is -0.150. The molecule has 0 aliphatic carbocycles. The van der Waals surface area contributed by atoms with Gasteiger partial charge >= 0.3 is 5.97 Å². The van der Waals surface area contributed by atoms with E-state index in [1.165, 1.54) is 4.90 Å². The molecule has 0 saturated carbocycles. The van der Waals surface area contributed by atoms with E-state index in [-0.39, 0.29) is 44.2 Å². The van der Waals surface area contributed by atoms with Crippen molar-refractivity contribution in [2.75, 3.05) is 19.6 Å². The van der Waals surface area contributed by atoms with E-state index in [2.05, 4.69) is 5.32 Å². The van der Waals surface area contributed by atoms with Crippen LogP contribution in [0.15, 0.2) is 30.3 Å². The van der Waals surface area contributed by atoms with Crippen molar-refractivity contribution in [3.05, 3.63) is 35.9 Å². The molecule has 1 aromatic carbocycles. The molecule has 1 atom stereocenters. The molecule has 6 nitrogen and oxygen atoms in total. The first-order valence-electron chi connectivity index (χ1n) is 7.41. The van der Waals surface area contributed by atoms with Crippen LogP contribution in [0, 0.1) is 0 Å². The first-order valence-corrected chi connectivity index (χ1v) is 7.41. The number of alkyl halides is 1. The van der Waals surface area contributed by atoms with Crippen LogP contribution in [0.2, 0.25) is 0 Å². The summed E-state index contributed by atoms with van der Waals surface area (Å²) in [5.74, 6) is -2.09. The van der Waals surface area contributed by atoms with Crippen molar-refractivity contribution < 1.29 is 23.9 Å². The Labute approximate surface area is 133 Å². The molecule has 2 rings (SSSR count). The molecule has 1 fully saturated rings. The molecule has 1 saturated heterocycles. The fourth-order valence-corrected chi connectivity index (χ4v) is 2.47. The van der Waals surface area contributed by atoms with Crippen molar-refractivity contribution in [3.63, 3.8) is 0 Å². The van der Waals surface area contributed by atoms with E-state index < -0.39 is 18.2 Å². The highest BCUT2D eigenvalue weighted by molar-refractivity contribution is 5.83. The highest BCUT2D eigenvalue weighted by Gasteiger charge is 2.46. The van der Waals surface area contributed by atoms with Crippen LogP contribution < -0.4 is 5.32 Å². The summed E-state index contributed by atoms with van der Waals surface area (Å²) in [4.78, 5) is 35.6. The molecular formula is C16H19FN2O4. The zero-order valence-corrected chi connectivity index (χ0v) is 12.6. The second-order valence-electron chi connectivity index (χ2n) is 5.60.